The van der Waals surface area contributed by atoms with Crippen molar-refractivity contribution in [2.45, 2.75) is 38.1 Å². The van der Waals surface area contributed by atoms with E-state index in [9.17, 15) is 0 Å². The molecule has 2 rings (SSSR count). The van der Waals surface area contributed by atoms with E-state index < -0.39 is 0 Å². The third kappa shape index (κ3) is 2.49. The normalized spacial score (nSPS) is 17.7. The van der Waals surface area contributed by atoms with Gasteiger partial charge in [-0.25, -0.2) is 4.57 Å². The van der Waals surface area contributed by atoms with E-state index in [1.165, 1.54) is 37.8 Å². The first kappa shape index (κ1) is 10.5. The lowest BCUT2D eigenvalue weighted by Crippen LogP contribution is -2.34. The topological polar surface area (TPSA) is 7.12 Å². The highest BCUT2D eigenvalue weighted by molar-refractivity contribution is 5.43. The fourth-order valence-corrected chi connectivity index (χ4v) is 2.41. The molecule has 0 aliphatic heterocycles. The van der Waals surface area contributed by atoms with Gasteiger partial charge in [0.2, 0.25) is 0 Å². The number of pyridine rings is 1. The number of rotatable bonds is 2. The van der Waals surface area contributed by atoms with Crippen LogP contribution in [0.1, 0.15) is 32.1 Å². The van der Waals surface area contributed by atoms with Gasteiger partial charge in [-0.3, -0.25) is 0 Å². The molecule has 2 nitrogen and oxygen atoms in total. The van der Waals surface area contributed by atoms with E-state index in [1.54, 1.807) is 0 Å². The molecule has 1 aliphatic carbocycles. The maximum absolute atomic E-state index is 2.44. The van der Waals surface area contributed by atoms with Gasteiger partial charge >= 0.3 is 0 Å². The minimum atomic E-state index is 0.756. The van der Waals surface area contributed by atoms with Crippen LogP contribution >= 0.6 is 0 Å². The van der Waals surface area contributed by atoms with Gasteiger partial charge in [0.1, 0.15) is 7.05 Å². The number of aromatic nitrogens is 1. The predicted octanol–water partition coefficient (Wildman–Crippen LogP) is 2.28. The second-order valence-electron chi connectivity index (χ2n) is 4.62. The van der Waals surface area contributed by atoms with Crippen molar-refractivity contribution in [1.82, 2.24) is 0 Å². The van der Waals surface area contributed by atoms with Crippen molar-refractivity contribution in [3.63, 3.8) is 0 Å². The van der Waals surface area contributed by atoms with Crippen molar-refractivity contribution >= 4 is 5.69 Å². The third-order valence-corrected chi connectivity index (χ3v) is 3.49. The van der Waals surface area contributed by atoms with E-state index in [-0.39, 0.29) is 0 Å². The highest BCUT2D eigenvalue weighted by Gasteiger charge is 2.18. The molecule has 0 atom stereocenters. The zero-order chi connectivity index (χ0) is 10.7. The summed E-state index contributed by atoms with van der Waals surface area (Å²) in [5, 5.41) is 0. The van der Waals surface area contributed by atoms with E-state index in [0.29, 0.717) is 0 Å². The Balaban J connectivity index is 2.05. The Bertz CT molecular complexity index is 299. The Labute approximate surface area is 92.5 Å². The SMILES string of the molecule is CN(c1cc[n+](C)cc1)C1CCCCC1. The maximum Gasteiger partial charge on any atom is 0.170 e. The Morgan fingerprint density at radius 1 is 1.13 bits per heavy atom. The van der Waals surface area contributed by atoms with Gasteiger partial charge in [-0.1, -0.05) is 19.3 Å². The molecule has 15 heavy (non-hydrogen) atoms. The molecule has 1 saturated carbocycles. The zero-order valence-electron chi connectivity index (χ0n) is 9.82. The Morgan fingerprint density at radius 2 is 1.73 bits per heavy atom. The molecule has 0 N–H and O–H groups in total. The first-order chi connectivity index (χ1) is 7.27. The quantitative estimate of drug-likeness (QED) is 0.672. The molecule has 0 saturated heterocycles. The van der Waals surface area contributed by atoms with Gasteiger partial charge < -0.3 is 4.90 Å². The van der Waals surface area contributed by atoms with Crippen LogP contribution in [0.15, 0.2) is 24.5 Å². The molecule has 1 aromatic heterocycles. The smallest absolute Gasteiger partial charge is 0.170 e. The number of hydrogen-bond acceptors (Lipinski definition) is 1. The summed E-state index contributed by atoms with van der Waals surface area (Å²) in [7, 11) is 4.29. The van der Waals surface area contributed by atoms with Crippen LogP contribution in [0.3, 0.4) is 0 Å². The van der Waals surface area contributed by atoms with Gasteiger partial charge in [-0.05, 0) is 12.8 Å². The molecule has 1 aliphatic rings. The summed E-state index contributed by atoms with van der Waals surface area (Å²) in [5.41, 5.74) is 1.35. The summed E-state index contributed by atoms with van der Waals surface area (Å²) in [5.74, 6) is 0. The van der Waals surface area contributed by atoms with Crippen molar-refractivity contribution < 1.29 is 4.57 Å². The van der Waals surface area contributed by atoms with Crippen LogP contribution in [-0.2, 0) is 7.05 Å². The molecule has 0 aromatic carbocycles. The first-order valence-electron chi connectivity index (χ1n) is 5.95. The molecule has 0 radical (unpaired) electrons. The summed E-state index contributed by atoms with van der Waals surface area (Å²) in [6.07, 6.45) is 11.2. The van der Waals surface area contributed by atoms with Gasteiger partial charge in [0.25, 0.3) is 0 Å². The summed E-state index contributed by atoms with van der Waals surface area (Å²) in [6, 6.07) is 5.16. The number of nitrogens with zero attached hydrogens (tertiary/aromatic N) is 2. The first-order valence-corrected chi connectivity index (χ1v) is 5.95. The second kappa shape index (κ2) is 4.65. The molecule has 82 valence electrons. The van der Waals surface area contributed by atoms with Gasteiger partial charge in [0, 0.05) is 30.9 Å². The average molecular weight is 205 g/mol. The van der Waals surface area contributed by atoms with E-state index in [0.717, 1.165) is 6.04 Å². The van der Waals surface area contributed by atoms with Crippen LogP contribution in [0.5, 0.6) is 0 Å². The molecule has 0 amide bonds. The van der Waals surface area contributed by atoms with Crippen LogP contribution in [-0.4, -0.2) is 13.1 Å². The van der Waals surface area contributed by atoms with Crippen molar-refractivity contribution in [1.29, 1.82) is 0 Å². The Hall–Kier alpha value is -1.05. The zero-order valence-corrected chi connectivity index (χ0v) is 9.82. The van der Waals surface area contributed by atoms with Crippen LogP contribution in [0.4, 0.5) is 5.69 Å². The molecule has 1 aromatic rings. The lowest BCUT2D eigenvalue weighted by Gasteiger charge is -2.32. The standard InChI is InChI=1S/C13H21N2/c1-14-10-8-13(9-11-14)15(2)12-6-4-3-5-7-12/h8-12H,3-7H2,1-2H3/q+1. The maximum atomic E-state index is 2.44. The van der Waals surface area contributed by atoms with Crippen LogP contribution in [0, 0.1) is 0 Å². The van der Waals surface area contributed by atoms with Gasteiger partial charge in [0.05, 0.1) is 0 Å². The lowest BCUT2D eigenvalue weighted by atomic mass is 9.94. The largest absolute Gasteiger partial charge is 0.371 e. The van der Waals surface area contributed by atoms with Crippen LogP contribution in [0.2, 0.25) is 0 Å². The average Bonchev–Trinajstić information content (AvgIpc) is 2.30. The van der Waals surface area contributed by atoms with Crippen LogP contribution < -0.4 is 9.47 Å². The summed E-state index contributed by atoms with van der Waals surface area (Å²) < 4.78 is 2.08. The molecule has 1 heterocycles. The van der Waals surface area contributed by atoms with Gasteiger partial charge in [-0.15, -0.1) is 0 Å². The molecular weight excluding hydrogens is 184 g/mol. The summed E-state index contributed by atoms with van der Waals surface area (Å²) in [6.45, 7) is 0. The van der Waals surface area contributed by atoms with Gasteiger partial charge in [0.15, 0.2) is 12.4 Å². The van der Waals surface area contributed by atoms with Crippen LogP contribution in [0.25, 0.3) is 0 Å². The highest BCUT2D eigenvalue weighted by Crippen LogP contribution is 2.25. The molecule has 2 heteroatoms. The summed E-state index contributed by atoms with van der Waals surface area (Å²) in [4.78, 5) is 2.44. The highest BCUT2D eigenvalue weighted by atomic mass is 15.1. The molecule has 0 bridgehead atoms. The van der Waals surface area contributed by atoms with E-state index in [4.69, 9.17) is 0 Å². The second-order valence-corrected chi connectivity index (χ2v) is 4.62. The molecule has 0 spiro atoms. The molecule has 1 fully saturated rings. The number of aryl methyl sites for hydroxylation is 1. The summed E-state index contributed by atoms with van der Waals surface area (Å²) >= 11 is 0. The fourth-order valence-electron chi connectivity index (χ4n) is 2.41. The van der Waals surface area contributed by atoms with Crippen molar-refractivity contribution in [3.05, 3.63) is 24.5 Å². The van der Waals surface area contributed by atoms with Gasteiger partial charge in [-0.2, -0.15) is 0 Å². The lowest BCUT2D eigenvalue weighted by molar-refractivity contribution is -0.671. The Morgan fingerprint density at radius 3 is 2.33 bits per heavy atom. The van der Waals surface area contributed by atoms with Crippen molar-refractivity contribution in [2.24, 2.45) is 7.05 Å². The number of anilines is 1. The van der Waals surface area contributed by atoms with Crippen molar-refractivity contribution in [3.8, 4) is 0 Å². The monoisotopic (exact) mass is 205 g/mol. The minimum Gasteiger partial charge on any atom is -0.371 e. The Kier molecular flexibility index (Phi) is 3.24. The van der Waals surface area contributed by atoms with Crippen molar-refractivity contribution in [2.75, 3.05) is 11.9 Å². The predicted molar refractivity (Wildman–Crippen MR) is 62.9 cm³/mol. The number of hydrogen-bond donors (Lipinski definition) is 0. The van der Waals surface area contributed by atoms with E-state index in [1.807, 2.05) is 0 Å². The fraction of sp³-hybridized carbons (Fsp3) is 0.615. The third-order valence-electron chi connectivity index (χ3n) is 3.49. The molecule has 0 unspecified atom stereocenters. The molecular formula is C13H21N2+. The van der Waals surface area contributed by atoms with E-state index >= 15 is 0 Å². The minimum absolute atomic E-state index is 0.756. The van der Waals surface area contributed by atoms with E-state index in [2.05, 4.69) is 48.1 Å².